The fourth-order valence-electron chi connectivity index (χ4n) is 0.179. The van der Waals surface area contributed by atoms with Crippen molar-refractivity contribution in [3.05, 3.63) is 0 Å². The SMILES string of the molecule is O=C=NC(=O)C(=O)N=C=O.O=P(F)(F)F. The summed E-state index contributed by atoms with van der Waals surface area (Å²) in [6.45, 7) is 0. The lowest BCUT2D eigenvalue weighted by atomic mass is 10.6. The summed E-state index contributed by atoms with van der Waals surface area (Å²) in [6, 6.07) is 0. The molecule has 0 fully saturated rings. The van der Waals surface area contributed by atoms with Crippen LogP contribution in [-0.4, -0.2) is 24.0 Å². The zero-order chi connectivity index (χ0) is 12.5. The number of nitrogens with zero attached hydrogens (tertiary/aromatic N) is 2. The molecule has 0 rings (SSSR count). The molecule has 0 radical (unpaired) electrons. The molecule has 0 aliphatic heterocycles. The van der Waals surface area contributed by atoms with Crippen LogP contribution in [0.15, 0.2) is 9.98 Å². The normalized spacial score (nSPS) is 8.47. The van der Waals surface area contributed by atoms with Crippen molar-refractivity contribution < 1.29 is 36.3 Å². The van der Waals surface area contributed by atoms with Gasteiger partial charge in [0.1, 0.15) is 0 Å². The molecule has 0 N–H and O–H groups in total. The lowest BCUT2D eigenvalue weighted by Crippen LogP contribution is -2.06. The Labute approximate surface area is 79.4 Å². The van der Waals surface area contributed by atoms with Crippen LogP contribution in [0.1, 0.15) is 0 Å². The zero-order valence-electron chi connectivity index (χ0n) is 6.52. The van der Waals surface area contributed by atoms with E-state index in [4.69, 9.17) is 4.57 Å². The monoisotopic (exact) mass is 244 g/mol. The number of aliphatic imine (C=N–C) groups is 2. The van der Waals surface area contributed by atoms with E-state index in [1.54, 1.807) is 0 Å². The molecule has 7 nitrogen and oxygen atoms in total. The number of carbonyl (C=O) groups excluding carboxylic acids is 4. The quantitative estimate of drug-likeness (QED) is 0.269. The Morgan fingerprint density at radius 2 is 1.13 bits per heavy atom. The molecule has 0 spiro atoms. The van der Waals surface area contributed by atoms with Crippen LogP contribution in [0.3, 0.4) is 0 Å². The number of halogens is 3. The van der Waals surface area contributed by atoms with Crippen molar-refractivity contribution in [3.63, 3.8) is 0 Å². The van der Waals surface area contributed by atoms with Gasteiger partial charge in [0.05, 0.1) is 0 Å². The third-order valence-electron chi connectivity index (χ3n) is 0.477. The smallest absolute Gasteiger partial charge is 0.260 e. The van der Waals surface area contributed by atoms with E-state index >= 15 is 0 Å². The number of carbonyl (C=O) groups is 2. The van der Waals surface area contributed by atoms with Crippen molar-refractivity contribution in [2.75, 3.05) is 0 Å². The first kappa shape index (κ1) is 15.6. The van der Waals surface area contributed by atoms with Gasteiger partial charge in [-0.15, -0.1) is 22.6 Å². The zero-order valence-corrected chi connectivity index (χ0v) is 7.41. The van der Waals surface area contributed by atoms with E-state index in [-0.39, 0.29) is 0 Å². The number of amides is 2. The topological polar surface area (TPSA) is 110 Å². The van der Waals surface area contributed by atoms with Crippen molar-refractivity contribution in [3.8, 4) is 0 Å². The van der Waals surface area contributed by atoms with Crippen molar-refractivity contribution >= 4 is 32.0 Å². The third-order valence-corrected chi connectivity index (χ3v) is 0.477. The minimum absolute atomic E-state index is 0.822. The second-order valence-corrected chi connectivity index (χ2v) is 2.21. The van der Waals surface area contributed by atoms with E-state index in [0.29, 0.717) is 0 Å². The summed E-state index contributed by atoms with van der Waals surface area (Å²) < 4.78 is 37.9. The summed E-state index contributed by atoms with van der Waals surface area (Å²) in [4.78, 5) is 43.6. The molecule has 11 heteroatoms. The minimum atomic E-state index is -6.14. The maximum absolute atomic E-state index is 10.1. The summed E-state index contributed by atoms with van der Waals surface area (Å²) in [5, 5.41) is 0. The molecule has 15 heavy (non-hydrogen) atoms. The van der Waals surface area contributed by atoms with Gasteiger partial charge < -0.3 is 0 Å². The highest BCUT2D eigenvalue weighted by molar-refractivity contribution is 7.47. The summed E-state index contributed by atoms with van der Waals surface area (Å²) >= 11 is 0. The number of hydrogen-bond acceptors (Lipinski definition) is 5. The molecular formula is C4F3N2O5P. The van der Waals surface area contributed by atoms with Crippen molar-refractivity contribution in [2.45, 2.75) is 0 Å². The number of isocyanates is 2. The molecule has 82 valence electrons. The Hall–Kier alpha value is -1.88. The molecule has 0 atom stereocenters. The maximum atomic E-state index is 10.1. The van der Waals surface area contributed by atoms with Gasteiger partial charge >= 0.3 is 19.9 Å². The molecule has 0 aliphatic carbocycles. The van der Waals surface area contributed by atoms with Gasteiger partial charge in [0.2, 0.25) is 12.2 Å². The molecule has 2 amide bonds. The van der Waals surface area contributed by atoms with Crippen LogP contribution in [0.2, 0.25) is 0 Å². The predicted octanol–water partition coefficient (Wildman–Crippen LogP) is 0.714. The largest absolute Gasteiger partial charge is 0.591 e. The fraction of sp³-hybridized carbons (Fsp3) is 0. The molecule has 0 aliphatic rings. The molecular weight excluding hydrogens is 244 g/mol. The van der Waals surface area contributed by atoms with Crippen LogP contribution < -0.4 is 0 Å². The van der Waals surface area contributed by atoms with Gasteiger partial charge in [-0.25, -0.2) is 14.2 Å². The first-order valence-electron chi connectivity index (χ1n) is 2.65. The van der Waals surface area contributed by atoms with Gasteiger partial charge in [-0.1, -0.05) is 0 Å². The summed E-state index contributed by atoms with van der Waals surface area (Å²) in [7, 11) is -6.14. The van der Waals surface area contributed by atoms with Crippen LogP contribution in [-0.2, 0) is 23.7 Å². The molecule has 0 heterocycles. The summed E-state index contributed by atoms with van der Waals surface area (Å²) in [5.74, 6) is -2.86. The van der Waals surface area contributed by atoms with Gasteiger partial charge in [-0.05, 0) is 0 Å². The molecule has 0 aromatic rings. The second-order valence-electron chi connectivity index (χ2n) is 1.42. The van der Waals surface area contributed by atoms with Crippen LogP contribution in [0.4, 0.5) is 12.6 Å². The Balaban J connectivity index is 0. The van der Waals surface area contributed by atoms with E-state index < -0.39 is 19.9 Å². The summed E-state index contributed by atoms with van der Waals surface area (Å²) in [5.41, 5.74) is 0. The fourth-order valence-corrected chi connectivity index (χ4v) is 0.179. The average molecular weight is 244 g/mol. The van der Waals surface area contributed by atoms with Crippen LogP contribution in [0, 0.1) is 0 Å². The lowest BCUT2D eigenvalue weighted by Gasteiger charge is -1.74. The number of rotatable bonds is 0. The van der Waals surface area contributed by atoms with Crippen molar-refractivity contribution in [1.29, 1.82) is 0 Å². The standard InChI is InChI=1S/C4N2O4.F3OP/c7-1-5-3(9)4(10)6-2-8;1-5(2,3)4. The van der Waals surface area contributed by atoms with E-state index in [1.807, 2.05) is 0 Å². The first-order valence-corrected chi connectivity index (χ1v) is 4.03. The van der Waals surface area contributed by atoms with Crippen molar-refractivity contribution in [1.82, 2.24) is 0 Å². The maximum Gasteiger partial charge on any atom is 0.591 e. The van der Waals surface area contributed by atoms with Gasteiger partial charge in [0.25, 0.3) is 0 Å². The Morgan fingerprint density at radius 1 is 0.933 bits per heavy atom. The Bertz CT molecular complexity index is 355. The lowest BCUT2D eigenvalue weighted by molar-refractivity contribution is -0.135. The molecule has 0 bridgehead atoms. The minimum Gasteiger partial charge on any atom is -0.260 e. The highest BCUT2D eigenvalue weighted by Crippen LogP contribution is 2.50. The molecule has 0 saturated heterocycles. The van der Waals surface area contributed by atoms with Crippen LogP contribution in [0.25, 0.3) is 0 Å². The predicted molar refractivity (Wildman–Crippen MR) is 37.2 cm³/mol. The van der Waals surface area contributed by atoms with E-state index in [2.05, 4.69) is 9.98 Å². The highest BCUT2D eigenvalue weighted by Gasteiger charge is 2.13. The highest BCUT2D eigenvalue weighted by atomic mass is 31.3. The molecule has 0 aromatic heterocycles. The van der Waals surface area contributed by atoms with Gasteiger partial charge in [-0.3, -0.25) is 9.59 Å². The molecule has 0 aromatic carbocycles. The Kier molecular flexibility index (Phi) is 7.81. The summed E-state index contributed by atoms with van der Waals surface area (Å²) in [6.07, 6.45) is 1.64. The van der Waals surface area contributed by atoms with E-state index in [0.717, 1.165) is 12.2 Å². The van der Waals surface area contributed by atoms with Crippen molar-refractivity contribution in [2.24, 2.45) is 9.98 Å². The Morgan fingerprint density at radius 3 is 1.27 bits per heavy atom. The van der Waals surface area contributed by atoms with E-state index in [1.165, 1.54) is 0 Å². The first-order chi connectivity index (χ1) is 6.72. The molecule has 0 unspecified atom stereocenters. The van der Waals surface area contributed by atoms with E-state index in [9.17, 15) is 31.8 Å². The number of hydrogen-bond donors (Lipinski definition) is 0. The average Bonchev–Trinajstić information content (AvgIpc) is 2.02. The van der Waals surface area contributed by atoms with Gasteiger partial charge in [-0.2, -0.15) is 0 Å². The van der Waals surface area contributed by atoms with Gasteiger partial charge in [0, 0.05) is 0 Å². The van der Waals surface area contributed by atoms with Crippen LogP contribution in [0.5, 0.6) is 0 Å². The third kappa shape index (κ3) is 18.8. The molecule has 0 saturated carbocycles. The van der Waals surface area contributed by atoms with Crippen LogP contribution >= 0.6 is 8.07 Å². The van der Waals surface area contributed by atoms with Gasteiger partial charge in [0.15, 0.2) is 0 Å². The second kappa shape index (κ2) is 7.52.